The first kappa shape index (κ1) is 15.9. The van der Waals surface area contributed by atoms with Crippen LogP contribution in [0.25, 0.3) is 0 Å². The molecule has 1 aromatic carbocycles. The van der Waals surface area contributed by atoms with Crippen LogP contribution in [0.1, 0.15) is 25.8 Å². The molecule has 1 atom stereocenters. The van der Waals surface area contributed by atoms with E-state index >= 15 is 0 Å². The molecular formula is C15H24FNO2. The van der Waals surface area contributed by atoms with Crippen LogP contribution in [0.15, 0.2) is 18.2 Å². The molecule has 0 heterocycles. The first-order valence-electron chi connectivity index (χ1n) is 6.77. The number of halogens is 1. The second-order valence-corrected chi connectivity index (χ2v) is 4.79. The smallest absolute Gasteiger partial charge is 0.127 e. The maximum absolute atomic E-state index is 13.5. The van der Waals surface area contributed by atoms with E-state index in [4.69, 9.17) is 9.47 Å². The molecule has 0 amide bonds. The zero-order valence-electron chi connectivity index (χ0n) is 12.0. The molecule has 1 unspecified atom stereocenters. The van der Waals surface area contributed by atoms with Gasteiger partial charge < -0.3 is 14.8 Å². The maximum atomic E-state index is 13.5. The molecule has 3 nitrogen and oxygen atoms in total. The van der Waals surface area contributed by atoms with Crippen LogP contribution in [0.4, 0.5) is 4.39 Å². The Morgan fingerprint density at radius 2 is 2.11 bits per heavy atom. The fourth-order valence-corrected chi connectivity index (χ4v) is 1.57. The van der Waals surface area contributed by atoms with E-state index in [-0.39, 0.29) is 5.82 Å². The maximum Gasteiger partial charge on any atom is 0.127 e. The van der Waals surface area contributed by atoms with Gasteiger partial charge in [0, 0.05) is 26.3 Å². The van der Waals surface area contributed by atoms with E-state index < -0.39 is 0 Å². The van der Waals surface area contributed by atoms with Crippen molar-refractivity contribution in [3.05, 3.63) is 29.6 Å². The number of methoxy groups -OCH3 is 1. The zero-order valence-corrected chi connectivity index (χ0v) is 12.0. The molecule has 4 heteroatoms. The van der Waals surface area contributed by atoms with Gasteiger partial charge >= 0.3 is 0 Å². The highest BCUT2D eigenvalue weighted by atomic mass is 19.1. The fourth-order valence-electron chi connectivity index (χ4n) is 1.57. The Balaban J connectivity index is 2.51. The van der Waals surface area contributed by atoms with Crippen LogP contribution in [0.3, 0.4) is 0 Å². The molecule has 0 aromatic heterocycles. The van der Waals surface area contributed by atoms with E-state index in [0.29, 0.717) is 31.4 Å². The third-order valence-electron chi connectivity index (χ3n) is 2.97. The highest BCUT2D eigenvalue weighted by molar-refractivity contribution is 5.29. The lowest BCUT2D eigenvalue weighted by molar-refractivity contribution is 0.199. The van der Waals surface area contributed by atoms with Crippen LogP contribution in [-0.2, 0) is 11.3 Å². The van der Waals surface area contributed by atoms with Crippen LogP contribution in [-0.4, -0.2) is 26.9 Å². The Kier molecular flexibility index (Phi) is 7.45. The minimum absolute atomic E-state index is 0.259. The van der Waals surface area contributed by atoms with Gasteiger partial charge in [0.1, 0.15) is 11.6 Å². The Bertz CT molecular complexity index is 371. The van der Waals surface area contributed by atoms with Crippen LogP contribution in [0.2, 0.25) is 0 Å². The van der Waals surface area contributed by atoms with Gasteiger partial charge in [-0.3, -0.25) is 0 Å². The molecule has 0 saturated heterocycles. The predicted octanol–water partition coefficient (Wildman–Crippen LogP) is 2.99. The minimum Gasteiger partial charge on any atom is -0.493 e. The lowest BCUT2D eigenvalue weighted by atomic mass is 10.1. The lowest BCUT2D eigenvalue weighted by Gasteiger charge is -2.12. The summed E-state index contributed by atoms with van der Waals surface area (Å²) in [6.45, 7) is 6.86. The van der Waals surface area contributed by atoms with E-state index in [9.17, 15) is 4.39 Å². The lowest BCUT2D eigenvalue weighted by Crippen LogP contribution is -2.18. The number of nitrogens with one attached hydrogen (secondary N) is 1. The molecule has 1 aromatic rings. The molecular weight excluding hydrogens is 245 g/mol. The number of hydrogen-bond donors (Lipinski definition) is 1. The van der Waals surface area contributed by atoms with Crippen molar-refractivity contribution in [3.63, 3.8) is 0 Å². The first-order chi connectivity index (χ1) is 9.15. The van der Waals surface area contributed by atoms with Gasteiger partial charge in [0.25, 0.3) is 0 Å². The van der Waals surface area contributed by atoms with Crippen molar-refractivity contribution in [1.82, 2.24) is 5.32 Å². The van der Waals surface area contributed by atoms with Gasteiger partial charge in [0.15, 0.2) is 0 Å². The molecule has 0 radical (unpaired) electrons. The van der Waals surface area contributed by atoms with Gasteiger partial charge in [-0.2, -0.15) is 0 Å². The third-order valence-corrected chi connectivity index (χ3v) is 2.97. The molecule has 0 bridgehead atoms. The number of ether oxygens (including phenoxy) is 2. The van der Waals surface area contributed by atoms with Crippen molar-refractivity contribution in [3.8, 4) is 5.75 Å². The molecule has 108 valence electrons. The highest BCUT2D eigenvalue weighted by Gasteiger charge is 2.04. The predicted molar refractivity (Wildman–Crippen MR) is 74.9 cm³/mol. The minimum atomic E-state index is -0.259. The SMILES string of the molecule is CCC(C)COc1cc(F)cc(CNCCOC)c1. The van der Waals surface area contributed by atoms with E-state index in [1.165, 1.54) is 12.1 Å². The van der Waals surface area contributed by atoms with Gasteiger partial charge in [-0.15, -0.1) is 0 Å². The summed E-state index contributed by atoms with van der Waals surface area (Å²) in [7, 11) is 1.66. The summed E-state index contributed by atoms with van der Waals surface area (Å²) in [4.78, 5) is 0. The Labute approximate surface area is 115 Å². The molecule has 19 heavy (non-hydrogen) atoms. The molecule has 0 fully saturated rings. The standard InChI is InChI=1S/C15H24FNO2/c1-4-12(2)11-19-15-8-13(7-14(16)9-15)10-17-5-6-18-3/h7-9,12,17H,4-6,10-11H2,1-3H3. The highest BCUT2D eigenvalue weighted by Crippen LogP contribution is 2.17. The van der Waals surface area contributed by atoms with E-state index in [0.717, 1.165) is 18.5 Å². The van der Waals surface area contributed by atoms with Crippen molar-refractivity contribution in [1.29, 1.82) is 0 Å². The van der Waals surface area contributed by atoms with E-state index in [1.807, 2.05) is 6.07 Å². The summed E-state index contributed by atoms with van der Waals surface area (Å²) in [5, 5.41) is 3.19. The second-order valence-electron chi connectivity index (χ2n) is 4.79. The Morgan fingerprint density at radius 3 is 2.79 bits per heavy atom. The van der Waals surface area contributed by atoms with Gasteiger partial charge in [-0.25, -0.2) is 4.39 Å². The van der Waals surface area contributed by atoms with Crippen LogP contribution in [0, 0.1) is 11.7 Å². The van der Waals surface area contributed by atoms with Crippen molar-refractivity contribution in [2.24, 2.45) is 5.92 Å². The first-order valence-corrected chi connectivity index (χ1v) is 6.77. The van der Waals surface area contributed by atoms with Crippen molar-refractivity contribution < 1.29 is 13.9 Å². The average Bonchev–Trinajstić information content (AvgIpc) is 2.40. The van der Waals surface area contributed by atoms with Crippen LogP contribution < -0.4 is 10.1 Å². The van der Waals surface area contributed by atoms with Crippen molar-refractivity contribution in [2.45, 2.75) is 26.8 Å². The summed E-state index contributed by atoms with van der Waals surface area (Å²) in [5.74, 6) is 0.820. The van der Waals surface area contributed by atoms with Gasteiger partial charge in [0.05, 0.1) is 13.2 Å². The number of hydrogen-bond acceptors (Lipinski definition) is 3. The van der Waals surface area contributed by atoms with Crippen molar-refractivity contribution >= 4 is 0 Å². The molecule has 0 spiro atoms. The van der Waals surface area contributed by atoms with E-state index in [2.05, 4.69) is 19.2 Å². The molecule has 0 saturated carbocycles. The number of benzene rings is 1. The summed E-state index contributed by atoms with van der Waals surface area (Å²) < 4.78 is 24.0. The molecule has 0 aliphatic rings. The number of rotatable bonds is 9. The van der Waals surface area contributed by atoms with Crippen LogP contribution in [0.5, 0.6) is 5.75 Å². The van der Waals surface area contributed by atoms with Crippen LogP contribution >= 0.6 is 0 Å². The zero-order chi connectivity index (χ0) is 14.1. The quantitative estimate of drug-likeness (QED) is 0.699. The topological polar surface area (TPSA) is 30.5 Å². The summed E-state index contributed by atoms with van der Waals surface area (Å²) in [5.41, 5.74) is 0.884. The fraction of sp³-hybridized carbons (Fsp3) is 0.600. The second kappa shape index (κ2) is 8.88. The summed E-state index contributed by atoms with van der Waals surface area (Å²) >= 11 is 0. The third kappa shape index (κ3) is 6.55. The summed E-state index contributed by atoms with van der Waals surface area (Å²) in [6, 6.07) is 4.84. The van der Waals surface area contributed by atoms with E-state index in [1.54, 1.807) is 7.11 Å². The molecule has 1 rings (SSSR count). The molecule has 1 N–H and O–H groups in total. The molecule has 0 aliphatic heterocycles. The normalized spacial score (nSPS) is 12.4. The van der Waals surface area contributed by atoms with Crippen molar-refractivity contribution in [2.75, 3.05) is 26.9 Å². The summed E-state index contributed by atoms with van der Waals surface area (Å²) in [6.07, 6.45) is 1.06. The van der Waals surface area contributed by atoms with Gasteiger partial charge in [-0.1, -0.05) is 20.3 Å². The Hall–Kier alpha value is -1.13. The Morgan fingerprint density at radius 1 is 1.32 bits per heavy atom. The largest absolute Gasteiger partial charge is 0.493 e. The van der Waals surface area contributed by atoms with Gasteiger partial charge in [0.2, 0.25) is 0 Å². The average molecular weight is 269 g/mol. The monoisotopic (exact) mass is 269 g/mol. The molecule has 0 aliphatic carbocycles. The van der Waals surface area contributed by atoms with Gasteiger partial charge in [-0.05, 0) is 23.6 Å².